The van der Waals surface area contributed by atoms with Gasteiger partial charge in [-0.1, -0.05) is 49.1 Å². The second-order valence-corrected chi connectivity index (χ2v) is 2.93. The summed E-state index contributed by atoms with van der Waals surface area (Å²) in [5, 5.41) is 8.70. The molecule has 0 aromatic heterocycles. The molecule has 1 nitrogen and oxygen atoms in total. The van der Waals surface area contributed by atoms with E-state index in [4.69, 9.17) is 5.11 Å². The van der Waals surface area contributed by atoms with Crippen LogP contribution in [0.25, 0.3) is 6.08 Å². The van der Waals surface area contributed by atoms with Gasteiger partial charge in [0.05, 0.1) is 6.61 Å². The molecule has 0 radical (unpaired) electrons. The van der Waals surface area contributed by atoms with Crippen LogP contribution in [0, 0.1) is 0 Å². The van der Waals surface area contributed by atoms with Gasteiger partial charge in [-0.25, -0.2) is 0 Å². The van der Waals surface area contributed by atoms with Crippen molar-refractivity contribution in [2.75, 3.05) is 6.61 Å². The highest BCUT2D eigenvalue weighted by molar-refractivity contribution is 5.49. The fourth-order valence-corrected chi connectivity index (χ4v) is 0.990. The third kappa shape index (κ3) is 3.72. The van der Waals surface area contributed by atoms with Crippen LogP contribution in [0.3, 0.4) is 0 Å². The van der Waals surface area contributed by atoms with E-state index in [-0.39, 0.29) is 6.61 Å². The molecule has 1 aromatic rings. The predicted octanol–water partition coefficient (Wildman–Crippen LogP) is 2.64. The van der Waals surface area contributed by atoms with Crippen LogP contribution in [0.2, 0.25) is 0 Å². The van der Waals surface area contributed by atoms with E-state index in [1.165, 1.54) is 5.56 Å². The second-order valence-electron chi connectivity index (χ2n) is 2.93. The second kappa shape index (κ2) is 5.33. The number of rotatable bonds is 4. The van der Waals surface area contributed by atoms with Crippen LogP contribution >= 0.6 is 0 Å². The van der Waals surface area contributed by atoms with Gasteiger partial charge in [-0.2, -0.15) is 0 Å². The van der Waals surface area contributed by atoms with E-state index in [2.05, 4.69) is 6.58 Å². The third-order valence-corrected chi connectivity index (χ3v) is 1.74. The lowest BCUT2D eigenvalue weighted by molar-refractivity contribution is 0.329. The zero-order chi connectivity index (χ0) is 9.52. The highest BCUT2D eigenvalue weighted by Gasteiger charge is 1.86. The Morgan fingerprint density at radius 1 is 1.31 bits per heavy atom. The Morgan fingerprint density at radius 2 is 2.00 bits per heavy atom. The van der Waals surface area contributed by atoms with Gasteiger partial charge in [-0.15, -0.1) is 0 Å². The Labute approximate surface area is 79.0 Å². The summed E-state index contributed by atoms with van der Waals surface area (Å²) in [6, 6.07) is 10.1. The van der Waals surface area contributed by atoms with Gasteiger partial charge < -0.3 is 5.11 Å². The molecule has 0 aliphatic carbocycles. The van der Waals surface area contributed by atoms with Crippen LogP contribution in [0.15, 0.2) is 48.6 Å². The number of aliphatic hydroxyl groups excluding tert-OH is 1. The molecule has 0 spiro atoms. The minimum Gasteiger partial charge on any atom is -0.392 e. The molecule has 0 amide bonds. The molecule has 68 valence electrons. The Hall–Kier alpha value is -1.34. The van der Waals surface area contributed by atoms with Crippen molar-refractivity contribution in [2.45, 2.75) is 6.42 Å². The van der Waals surface area contributed by atoms with Crippen molar-refractivity contribution in [3.63, 3.8) is 0 Å². The molecule has 0 unspecified atom stereocenters. The normalized spacial score (nSPS) is 10.5. The summed E-state index contributed by atoms with van der Waals surface area (Å²) in [5.41, 5.74) is 2.01. The summed E-state index contributed by atoms with van der Waals surface area (Å²) in [5.74, 6) is 0. The first-order chi connectivity index (χ1) is 6.33. The van der Waals surface area contributed by atoms with E-state index in [9.17, 15) is 0 Å². The maximum atomic E-state index is 8.70. The van der Waals surface area contributed by atoms with E-state index in [0.29, 0.717) is 0 Å². The number of hydrogen-bond acceptors (Lipinski definition) is 1. The van der Waals surface area contributed by atoms with Gasteiger partial charge in [0.15, 0.2) is 0 Å². The van der Waals surface area contributed by atoms with Crippen molar-refractivity contribution < 1.29 is 5.11 Å². The summed E-state index contributed by atoms with van der Waals surface area (Å²) in [6.07, 6.45) is 4.78. The zero-order valence-corrected chi connectivity index (χ0v) is 7.61. The fraction of sp³-hybridized carbons (Fsp3) is 0.167. The first kappa shape index (κ1) is 9.75. The first-order valence-electron chi connectivity index (χ1n) is 4.32. The Balaban J connectivity index is 2.45. The van der Waals surface area contributed by atoms with Crippen LogP contribution in [-0.2, 0) is 0 Å². The lowest BCUT2D eigenvalue weighted by atomic mass is 10.1. The Morgan fingerprint density at radius 3 is 2.62 bits per heavy atom. The molecule has 0 aliphatic rings. The highest BCUT2D eigenvalue weighted by atomic mass is 16.3. The van der Waals surface area contributed by atoms with Crippen molar-refractivity contribution in [3.8, 4) is 0 Å². The smallest absolute Gasteiger partial charge is 0.0642 e. The molecule has 0 aliphatic heterocycles. The summed E-state index contributed by atoms with van der Waals surface area (Å²) >= 11 is 0. The van der Waals surface area contributed by atoms with E-state index < -0.39 is 0 Å². The van der Waals surface area contributed by atoms with Gasteiger partial charge in [-0.3, -0.25) is 0 Å². The van der Waals surface area contributed by atoms with Crippen LogP contribution in [-0.4, -0.2) is 11.7 Å². The van der Waals surface area contributed by atoms with Crippen molar-refractivity contribution in [1.82, 2.24) is 0 Å². The molecule has 0 bridgehead atoms. The first-order valence-corrected chi connectivity index (χ1v) is 4.32. The molecular formula is C12H14O. The molecule has 0 saturated heterocycles. The van der Waals surface area contributed by atoms with Crippen molar-refractivity contribution >= 4 is 6.08 Å². The molecule has 0 saturated carbocycles. The Bertz CT molecular complexity index is 285. The summed E-state index contributed by atoms with van der Waals surface area (Å²) in [6.45, 7) is 3.77. The SMILES string of the molecule is C=C(CO)C/C=C/c1ccccc1. The molecule has 1 N–H and O–H groups in total. The van der Waals surface area contributed by atoms with Crippen LogP contribution < -0.4 is 0 Å². The van der Waals surface area contributed by atoms with Crippen LogP contribution in [0.4, 0.5) is 0 Å². The molecule has 1 heteroatoms. The molecule has 0 atom stereocenters. The average Bonchev–Trinajstić information content (AvgIpc) is 2.19. The molecule has 1 rings (SSSR count). The number of hydrogen-bond donors (Lipinski definition) is 1. The lowest BCUT2D eigenvalue weighted by Crippen LogP contribution is -1.84. The van der Waals surface area contributed by atoms with Crippen LogP contribution in [0.5, 0.6) is 0 Å². The molecule has 0 fully saturated rings. The number of allylic oxidation sites excluding steroid dienone is 1. The van der Waals surface area contributed by atoms with Gasteiger partial charge in [0.2, 0.25) is 0 Å². The van der Waals surface area contributed by atoms with Crippen molar-refractivity contribution in [2.24, 2.45) is 0 Å². The lowest BCUT2D eigenvalue weighted by Gasteiger charge is -1.94. The Kier molecular flexibility index (Phi) is 4.00. The summed E-state index contributed by atoms with van der Waals surface area (Å²) in [7, 11) is 0. The summed E-state index contributed by atoms with van der Waals surface area (Å²) in [4.78, 5) is 0. The van der Waals surface area contributed by atoms with Crippen molar-refractivity contribution in [1.29, 1.82) is 0 Å². The minimum atomic E-state index is 0.0686. The van der Waals surface area contributed by atoms with E-state index in [1.54, 1.807) is 0 Å². The predicted molar refractivity (Wildman–Crippen MR) is 56.3 cm³/mol. The maximum absolute atomic E-state index is 8.70. The molecule has 1 aromatic carbocycles. The molecule has 0 heterocycles. The number of benzene rings is 1. The van der Waals surface area contributed by atoms with Gasteiger partial charge >= 0.3 is 0 Å². The third-order valence-electron chi connectivity index (χ3n) is 1.74. The van der Waals surface area contributed by atoms with Gasteiger partial charge in [0, 0.05) is 0 Å². The average molecular weight is 174 g/mol. The maximum Gasteiger partial charge on any atom is 0.0642 e. The van der Waals surface area contributed by atoms with Gasteiger partial charge in [0.1, 0.15) is 0 Å². The van der Waals surface area contributed by atoms with Crippen molar-refractivity contribution in [3.05, 3.63) is 54.1 Å². The van der Waals surface area contributed by atoms with E-state index in [1.807, 2.05) is 42.5 Å². The largest absolute Gasteiger partial charge is 0.392 e. The van der Waals surface area contributed by atoms with E-state index >= 15 is 0 Å². The standard InChI is InChI=1S/C12H14O/c1-11(10-13)6-5-9-12-7-3-2-4-8-12/h2-5,7-9,13H,1,6,10H2/b9-5+. The minimum absolute atomic E-state index is 0.0686. The quantitative estimate of drug-likeness (QED) is 0.696. The monoisotopic (exact) mass is 174 g/mol. The number of aliphatic hydroxyl groups is 1. The highest BCUT2D eigenvalue weighted by Crippen LogP contribution is 2.04. The zero-order valence-electron chi connectivity index (χ0n) is 7.61. The van der Waals surface area contributed by atoms with Crippen LogP contribution in [0.1, 0.15) is 12.0 Å². The topological polar surface area (TPSA) is 20.2 Å². The molecule has 13 heavy (non-hydrogen) atoms. The van der Waals surface area contributed by atoms with E-state index in [0.717, 1.165) is 12.0 Å². The fourth-order valence-electron chi connectivity index (χ4n) is 0.990. The summed E-state index contributed by atoms with van der Waals surface area (Å²) < 4.78 is 0. The van der Waals surface area contributed by atoms with Gasteiger partial charge in [-0.05, 0) is 17.6 Å². The van der Waals surface area contributed by atoms with Gasteiger partial charge in [0.25, 0.3) is 0 Å². The molecular weight excluding hydrogens is 160 g/mol.